The first-order valence-electron chi connectivity index (χ1n) is 9.89. The first-order valence-corrected chi connectivity index (χ1v) is 10.7. The van der Waals surface area contributed by atoms with Crippen molar-refractivity contribution in [1.82, 2.24) is 15.3 Å². The molecule has 1 saturated carbocycles. The molecule has 2 heterocycles. The van der Waals surface area contributed by atoms with Crippen molar-refractivity contribution in [3.05, 3.63) is 42.7 Å². The quantitative estimate of drug-likeness (QED) is 0.850. The molecule has 1 aromatic carbocycles. The first-order chi connectivity index (χ1) is 13.3. The van der Waals surface area contributed by atoms with Gasteiger partial charge in [0.25, 0.3) is 0 Å². The Morgan fingerprint density at radius 1 is 1.04 bits per heavy atom. The molecule has 27 heavy (non-hydrogen) atoms. The number of rotatable bonds is 5. The Kier molecular flexibility index (Phi) is 5.92. The summed E-state index contributed by atoms with van der Waals surface area (Å²) >= 11 is 1.63. The van der Waals surface area contributed by atoms with Gasteiger partial charge in [0.05, 0.1) is 5.92 Å². The van der Waals surface area contributed by atoms with E-state index >= 15 is 0 Å². The second-order valence-electron chi connectivity index (χ2n) is 7.38. The van der Waals surface area contributed by atoms with E-state index in [1.807, 2.05) is 18.2 Å². The van der Waals surface area contributed by atoms with Crippen LogP contribution in [0.1, 0.15) is 38.5 Å². The van der Waals surface area contributed by atoms with Gasteiger partial charge in [-0.05, 0) is 37.8 Å². The van der Waals surface area contributed by atoms with Crippen LogP contribution < -0.4 is 10.2 Å². The standard InChI is InChI=1S/C21H26N4OS/c26-20(24-17-8-4-5-9-17)16-7-6-14-25(15-16)19-21(23-13-12-22-19)27-18-10-2-1-3-11-18/h1-3,10-13,16-17H,4-9,14-15H2,(H,24,26)/t16-/m0/s1. The second-order valence-corrected chi connectivity index (χ2v) is 8.44. The lowest BCUT2D eigenvalue weighted by Gasteiger charge is -2.34. The lowest BCUT2D eigenvalue weighted by atomic mass is 9.96. The zero-order chi connectivity index (χ0) is 18.5. The Hall–Kier alpha value is -2.08. The molecule has 6 heteroatoms. The third-order valence-corrected chi connectivity index (χ3v) is 6.39. The van der Waals surface area contributed by atoms with Gasteiger partial charge < -0.3 is 10.2 Å². The molecule has 1 aromatic heterocycles. The number of aromatic nitrogens is 2. The van der Waals surface area contributed by atoms with Crippen LogP contribution in [0.25, 0.3) is 0 Å². The average molecular weight is 383 g/mol. The predicted octanol–water partition coefficient (Wildman–Crippen LogP) is 3.90. The Morgan fingerprint density at radius 3 is 2.63 bits per heavy atom. The fourth-order valence-electron chi connectivity index (χ4n) is 3.98. The van der Waals surface area contributed by atoms with Crippen LogP contribution in [0.15, 0.2) is 52.6 Å². The van der Waals surface area contributed by atoms with Crippen LogP contribution in [-0.2, 0) is 4.79 Å². The molecule has 1 atom stereocenters. The molecule has 0 spiro atoms. The van der Waals surface area contributed by atoms with E-state index in [-0.39, 0.29) is 11.8 Å². The zero-order valence-electron chi connectivity index (χ0n) is 15.5. The van der Waals surface area contributed by atoms with E-state index < -0.39 is 0 Å². The Bertz CT molecular complexity index is 764. The highest BCUT2D eigenvalue weighted by Crippen LogP contribution is 2.34. The fourth-order valence-corrected chi connectivity index (χ4v) is 4.88. The van der Waals surface area contributed by atoms with Gasteiger partial charge in [0.2, 0.25) is 5.91 Å². The molecule has 2 aliphatic rings. The molecule has 2 aromatic rings. The number of piperidine rings is 1. The molecule has 0 radical (unpaired) electrons. The number of carbonyl (C=O) groups is 1. The Morgan fingerprint density at radius 2 is 1.81 bits per heavy atom. The normalized spacial score (nSPS) is 20.6. The SMILES string of the molecule is O=C(NC1CCCC1)[C@H]1CCCN(c2nccnc2Sc2ccccc2)C1. The van der Waals surface area contributed by atoms with Crippen molar-refractivity contribution < 1.29 is 4.79 Å². The highest BCUT2D eigenvalue weighted by Gasteiger charge is 2.29. The second kappa shape index (κ2) is 8.74. The largest absolute Gasteiger partial charge is 0.354 e. The highest BCUT2D eigenvalue weighted by atomic mass is 32.2. The number of hydrogen-bond donors (Lipinski definition) is 1. The maximum absolute atomic E-state index is 12.7. The van der Waals surface area contributed by atoms with E-state index in [4.69, 9.17) is 0 Å². The van der Waals surface area contributed by atoms with E-state index in [1.54, 1.807) is 24.2 Å². The highest BCUT2D eigenvalue weighted by molar-refractivity contribution is 7.99. The summed E-state index contributed by atoms with van der Waals surface area (Å²) in [7, 11) is 0. The van der Waals surface area contributed by atoms with E-state index in [0.29, 0.717) is 6.04 Å². The molecule has 5 nitrogen and oxygen atoms in total. The number of nitrogens with one attached hydrogen (secondary N) is 1. The number of amides is 1. The van der Waals surface area contributed by atoms with Crippen LogP contribution in [0.5, 0.6) is 0 Å². The minimum atomic E-state index is 0.0379. The molecule has 1 N–H and O–H groups in total. The lowest BCUT2D eigenvalue weighted by molar-refractivity contribution is -0.125. The van der Waals surface area contributed by atoms with Crippen LogP contribution >= 0.6 is 11.8 Å². The molecular formula is C21H26N4OS. The van der Waals surface area contributed by atoms with Gasteiger partial charge in [-0.2, -0.15) is 0 Å². The summed E-state index contributed by atoms with van der Waals surface area (Å²) < 4.78 is 0. The van der Waals surface area contributed by atoms with Gasteiger partial charge >= 0.3 is 0 Å². The number of benzene rings is 1. The molecule has 0 bridgehead atoms. The molecule has 1 aliphatic heterocycles. The van der Waals surface area contributed by atoms with Crippen LogP contribution in [0.4, 0.5) is 5.82 Å². The zero-order valence-corrected chi connectivity index (χ0v) is 16.3. The summed E-state index contributed by atoms with van der Waals surface area (Å²) in [6.07, 6.45) is 10.2. The topological polar surface area (TPSA) is 58.1 Å². The van der Waals surface area contributed by atoms with Crippen molar-refractivity contribution in [3.63, 3.8) is 0 Å². The summed E-state index contributed by atoms with van der Waals surface area (Å²) in [5.74, 6) is 1.15. The number of hydrogen-bond acceptors (Lipinski definition) is 5. The van der Waals surface area contributed by atoms with Gasteiger partial charge in [0.15, 0.2) is 5.82 Å². The van der Waals surface area contributed by atoms with Gasteiger partial charge in [0.1, 0.15) is 5.03 Å². The summed E-state index contributed by atoms with van der Waals surface area (Å²) in [6, 6.07) is 10.6. The minimum Gasteiger partial charge on any atom is -0.354 e. The summed E-state index contributed by atoms with van der Waals surface area (Å²) in [5, 5.41) is 4.17. The van der Waals surface area contributed by atoms with Crippen molar-refractivity contribution in [2.45, 2.75) is 54.5 Å². The van der Waals surface area contributed by atoms with Gasteiger partial charge in [-0.3, -0.25) is 4.79 Å². The monoisotopic (exact) mass is 382 g/mol. The van der Waals surface area contributed by atoms with Gasteiger partial charge in [-0.25, -0.2) is 9.97 Å². The lowest BCUT2D eigenvalue weighted by Crippen LogP contribution is -2.45. The van der Waals surface area contributed by atoms with Crippen LogP contribution in [0.3, 0.4) is 0 Å². The van der Waals surface area contributed by atoms with Crippen molar-refractivity contribution >= 4 is 23.5 Å². The third-order valence-electron chi connectivity index (χ3n) is 5.40. The van der Waals surface area contributed by atoms with Crippen molar-refractivity contribution in [2.24, 2.45) is 5.92 Å². The van der Waals surface area contributed by atoms with Gasteiger partial charge in [0, 0.05) is 36.4 Å². The van der Waals surface area contributed by atoms with Crippen LogP contribution in [-0.4, -0.2) is 35.0 Å². The van der Waals surface area contributed by atoms with Crippen molar-refractivity contribution in [2.75, 3.05) is 18.0 Å². The summed E-state index contributed by atoms with van der Waals surface area (Å²) in [5.41, 5.74) is 0. The third kappa shape index (κ3) is 4.61. The molecule has 142 valence electrons. The van der Waals surface area contributed by atoms with Crippen molar-refractivity contribution in [1.29, 1.82) is 0 Å². The summed E-state index contributed by atoms with van der Waals surface area (Å²) in [4.78, 5) is 25.3. The smallest absolute Gasteiger partial charge is 0.225 e. The van der Waals surface area contributed by atoms with Crippen LogP contribution in [0, 0.1) is 5.92 Å². The summed E-state index contributed by atoms with van der Waals surface area (Å²) in [6.45, 7) is 1.65. The van der Waals surface area contributed by atoms with E-state index in [1.165, 1.54) is 12.8 Å². The molecule has 1 aliphatic carbocycles. The molecule has 4 rings (SSSR count). The van der Waals surface area contributed by atoms with E-state index in [2.05, 4.69) is 32.3 Å². The number of anilines is 1. The van der Waals surface area contributed by atoms with E-state index in [9.17, 15) is 4.79 Å². The first kappa shape index (κ1) is 18.3. The molecule has 0 unspecified atom stereocenters. The van der Waals surface area contributed by atoms with E-state index in [0.717, 1.165) is 54.5 Å². The molecular weight excluding hydrogens is 356 g/mol. The van der Waals surface area contributed by atoms with Crippen molar-refractivity contribution in [3.8, 4) is 0 Å². The average Bonchev–Trinajstić information content (AvgIpc) is 3.22. The van der Waals surface area contributed by atoms with Crippen LogP contribution in [0.2, 0.25) is 0 Å². The number of carbonyl (C=O) groups excluding carboxylic acids is 1. The Balaban J connectivity index is 1.45. The van der Waals surface area contributed by atoms with Gasteiger partial charge in [-0.1, -0.05) is 42.8 Å². The maximum atomic E-state index is 12.7. The minimum absolute atomic E-state index is 0.0379. The van der Waals surface area contributed by atoms with Gasteiger partial charge in [-0.15, -0.1) is 0 Å². The Labute approximate surface area is 165 Å². The fraction of sp³-hybridized carbons (Fsp3) is 0.476. The molecule has 1 saturated heterocycles. The molecule has 1 amide bonds. The maximum Gasteiger partial charge on any atom is 0.225 e. The predicted molar refractivity (Wildman–Crippen MR) is 108 cm³/mol. The number of nitrogens with zero attached hydrogens (tertiary/aromatic N) is 3. The molecule has 2 fully saturated rings.